The SMILES string of the molecule is CC1(C)c2ccccc2-c2ccc(-c3cccc4c3sc3c(-c5cccc(-c6cnc7c8cc(-c9ccccc9)ccc8c8ccc(-c9ccccc9)cc8c7n6)c5)cccc34)cc21. The largest absolute Gasteiger partial charge is 0.252 e. The van der Waals surface area contributed by atoms with Crippen molar-refractivity contribution in [2.24, 2.45) is 0 Å². The van der Waals surface area contributed by atoms with Crippen molar-refractivity contribution >= 4 is 64.1 Å². The number of fused-ring (bicyclic) bond motifs is 12. The highest BCUT2D eigenvalue weighted by molar-refractivity contribution is 7.26. The van der Waals surface area contributed by atoms with E-state index >= 15 is 0 Å². The predicted molar refractivity (Wildman–Crippen MR) is 272 cm³/mol. The van der Waals surface area contributed by atoms with Gasteiger partial charge >= 0.3 is 0 Å². The molecule has 0 saturated heterocycles. The minimum absolute atomic E-state index is 0.0541. The van der Waals surface area contributed by atoms with E-state index < -0.39 is 0 Å². The van der Waals surface area contributed by atoms with Crippen LogP contribution in [0.3, 0.4) is 0 Å². The van der Waals surface area contributed by atoms with Gasteiger partial charge in [0.1, 0.15) is 0 Å². The molecule has 0 atom stereocenters. The average Bonchev–Trinajstić information content (AvgIpc) is 3.86. The second kappa shape index (κ2) is 14.2. The highest BCUT2D eigenvalue weighted by Gasteiger charge is 2.35. The molecule has 3 heteroatoms. The second-order valence-electron chi connectivity index (χ2n) is 17.7. The Labute approximate surface area is 375 Å². The summed E-state index contributed by atoms with van der Waals surface area (Å²) >= 11 is 1.90. The van der Waals surface area contributed by atoms with E-state index in [1.165, 1.54) is 81.0 Å². The third-order valence-electron chi connectivity index (χ3n) is 13.7. The number of nitrogens with zero attached hydrogens (tertiary/aromatic N) is 2. The molecule has 13 rings (SSSR count). The van der Waals surface area contributed by atoms with Crippen molar-refractivity contribution in [3.8, 4) is 66.9 Å². The third kappa shape index (κ3) is 5.64. The molecule has 300 valence electrons. The summed E-state index contributed by atoms with van der Waals surface area (Å²) in [5.74, 6) is 0. The maximum absolute atomic E-state index is 5.53. The van der Waals surface area contributed by atoms with Crippen LogP contribution in [-0.2, 0) is 5.41 Å². The lowest BCUT2D eigenvalue weighted by molar-refractivity contribution is 0.660. The summed E-state index contributed by atoms with van der Waals surface area (Å²) in [6.07, 6.45) is 1.96. The zero-order valence-corrected chi connectivity index (χ0v) is 36.2. The molecule has 1 aliphatic rings. The van der Waals surface area contributed by atoms with Gasteiger partial charge in [0.2, 0.25) is 0 Å². The first-order chi connectivity index (χ1) is 31.5. The van der Waals surface area contributed by atoms with Crippen molar-refractivity contribution in [3.63, 3.8) is 0 Å². The van der Waals surface area contributed by atoms with Gasteiger partial charge in [0.25, 0.3) is 0 Å². The molecule has 0 fully saturated rings. The van der Waals surface area contributed by atoms with E-state index in [1.807, 2.05) is 17.5 Å². The lowest BCUT2D eigenvalue weighted by Crippen LogP contribution is -2.14. The fourth-order valence-corrected chi connectivity index (χ4v) is 11.8. The molecule has 12 aromatic rings. The van der Waals surface area contributed by atoms with Crippen molar-refractivity contribution in [2.75, 3.05) is 0 Å². The molecule has 0 unspecified atom stereocenters. The zero-order chi connectivity index (χ0) is 42.5. The summed E-state index contributed by atoms with van der Waals surface area (Å²) in [4.78, 5) is 10.8. The van der Waals surface area contributed by atoms with E-state index in [9.17, 15) is 0 Å². The summed E-state index contributed by atoms with van der Waals surface area (Å²) in [7, 11) is 0. The first-order valence-electron chi connectivity index (χ1n) is 22.0. The highest BCUT2D eigenvalue weighted by atomic mass is 32.1. The minimum atomic E-state index is -0.0541. The number of benzene rings is 10. The van der Waals surface area contributed by atoms with Gasteiger partial charge < -0.3 is 0 Å². The van der Waals surface area contributed by atoms with Crippen LogP contribution in [0.4, 0.5) is 0 Å². The number of rotatable bonds is 5. The van der Waals surface area contributed by atoms with E-state index in [-0.39, 0.29) is 5.41 Å². The monoisotopic (exact) mass is 832 g/mol. The zero-order valence-electron chi connectivity index (χ0n) is 35.4. The molecule has 2 heterocycles. The predicted octanol–water partition coefficient (Wildman–Crippen LogP) is 16.9. The molecule has 0 radical (unpaired) electrons. The van der Waals surface area contributed by atoms with Crippen LogP contribution in [0.5, 0.6) is 0 Å². The molecule has 0 aliphatic heterocycles. The maximum Gasteiger partial charge on any atom is 0.0979 e. The Morgan fingerprint density at radius 3 is 1.53 bits per heavy atom. The number of aromatic nitrogens is 2. The summed E-state index contributed by atoms with van der Waals surface area (Å²) in [5, 5.41) is 7.13. The highest BCUT2D eigenvalue weighted by Crippen LogP contribution is 2.51. The first-order valence-corrected chi connectivity index (χ1v) is 22.9. The van der Waals surface area contributed by atoms with E-state index in [4.69, 9.17) is 9.97 Å². The van der Waals surface area contributed by atoms with Gasteiger partial charge in [-0.2, -0.15) is 0 Å². The Kier molecular flexibility index (Phi) is 8.16. The number of hydrogen-bond donors (Lipinski definition) is 0. The Morgan fingerprint density at radius 1 is 0.344 bits per heavy atom. The Balaban J connectivity index is 0.949. The maximum atomic E-state index is 5.53. The number of hydrogen-bond acceptors (Lipinski definition) is 3. The Morgan fingerprint density at radius 2 is 0.859 bits per heavy atom. The molecule has 0 saturated carbocycles. The molecular formula is C61H40N2S. The molecule has 2 nitrogen and oxygen atoms in total. The van der Waals surface area contributed by atoms with Crippen LogP contribution in [0, 0.1) is 0 Å². The fourth-order valence-electron chi connectivity index (χ4n) is 10.5. The van der Waals surface area contributed by atoms with E-state index in [0.717, 1.165) is 49.8 Å². The van der Waals surface area contributed by atoms with E-state index in [2.05, 4.69) is 214 Å². The normalized spacial score (nSPS) is 13.0. The van der Waals surface area contributed by atoms with Crippen molar-refractivity contribution < 1.29 is 0 Å². The van der Waals surface area contributed by atoms with Gasteiger partial charge in [0, 0.05) is 41.9 Å². The Hall–Kier alpha value is -7.72. The van der Waals surface area contributed by atoms with Crippen LogP contribution < -0.4 is 0 Å². The van der Waals surface area contributed by atoms with Crippen molar-refractivity contribution in [1.82, 2.24) is 9.97 Å². The van der Waals surface area contributed by atoms with Crippen molar-refractivity contribution in [2.45, 2.75) is 19.3 Å². The van der Waals surface area contributed by atoms with Crippen LogP contribution >= 0.6 is 11.3 Å². The van der Waals surface area contributed by atoms with Crippen molar-refractivity contribution in [1.29, 1.82) is 0 Å². The van der Waals surface area contributed by atoms with Crippen LogP contribution in [-0.4, -0.2) is 9.97 Å². The average molecular weight is 833 g/mol. The first kappa shape index (κ1) is 36.9. The topological polar surface area (TPSA) is 25.8 Å². The van der Waals surface area contributed by atoms with Gasteiger partial charge in [-0.05, 0) is 102 Å². The molecule has 64 heavy (non-hydrogen) atoms. The van der Waals surface area contributed by atoms with E-state index in [0.29, 0.717) is 0 Å². The molecule has 2 aromatic heterocycles. The second-order valence-corrected chi connectivity index (χ2v) is 18.7. The molecule has 0 bridgehead atoms. The van der Waals surface area contributed by atoms with Crippen LogP contribution in [0.2, 0.25) is 0 Å². The van der Waals surface area contributed by atoms with Gasteiger partial charge in [-0.1, -0.05) is 190 Å². The molecule has 0 amide bonds. The molecule has 1 aliphatic carbocycles. The minimum Gasteiger partial charge on any atom is -0.252 e. The van der Waals surface area contributed by atoms with Crippen LogP contribution in [0.15, 0.2) is 206 Å². The fraction of sp³-hybridized carbons (Fsp3) is 0.0492. The smallest absolute Gasteiger partial charge is 0.0979 e. The van der Waals surface area contributed by atoms with Gasteiger partial charge in [0.05, 0.1) is 22.9 Å². The summed E-state index contributed by atoms with van der Waals surface area (Å²) in [6.45, 7) is 4.72. The van der Waals surface area contributed by atoms with Crippen LogP contribution in [0.1, 0.15) is 25.0 Å². The lowest BCUT2D eigenvalue weighted by Gasteiger charge is -2.22. The molecular weight excluding hydrogens is 793 g/mol. The molecule has 0 N–H and O–H groups in total. The summed E-state index contributed by atoms with van der Waals surface area (Å²) < 4.78 is 2.61. The van der Waals surface area contributed by atoms with Crippen LogP contribution in [0.25, 0.3) is 120 Å². The quantitative estimate of drug-likeness (QED) is 0.161. The Bertz CT molecular complexity index is 3860. The molecule has 0 spiro atoms. The summed E-state index contributed by atoms with van der Waals surface area (Å²) in [5.41, 5.74) is 18.8. The van der Waals surface area contributed by atoms with E-state index in [1.54, 1.807) is 0 Å². The van der Waals surface area contributed by atoms with Gasteiger partial charge in [-0.25, -0.2) is 4.98 Å². The standard InChI is InChI=1S/C61H40N2S/c1-61(2)54-25-10-9-20-48(54)49-31-28-42(35-55(49)61)45-22-13-24-51-50-23-12-21-44(59(50)64-60(45)51)41-18-11-19-43(32-41)56-36-62-57-52-33-39(37-14-5-3-6-15-37)26-29-46(52)47-30-27-40(34-53(47)58(57)63-56)38-16-7-4-8-17-38/h3-36H,1-2H3. The van der Waals surface area contributed by atoms with Gasteiger partial charge in [-0.15, -0.1) is 11.3 Å². The third-order valence-corrected chi connectivity index (χ3v) is 15.0. The van der Waals surface area contributed by atoms with Gasteiger partial charge in [-0.3, -0.25) is 4.98 Å². The van der Waals surface area contributed by atoms with Gasteiger partial charge in [0.15, 0.2) is 0 Å². The summed E-state index contributed by atoms with van der Waals surface area (Å²) in [6, 6.07) is 73.2. The lowest BCUT2D eigenvalue weighted by atomic mass is 9.81. The van der Waals surface area contributed by atoms with Crippen molar-refractivity contribution in [3.05, 3.63) is 218 Å². The molecule has 10 aromatic carbocycles. The number of thiophene rings is 1.